The Balaban J connectivity index is 1.96. The average Bonchev–Trinajstić information content (AvgIpc) is 2.99. The molecule has 0 bridgehead atoms. The number of fused-ring (bicyclic) bond motifs is 2. The van der Waals surface area contributed by atoms with Crippen molar-refractivity contribution in [2.24, 2.45) is 0 Å². The van der Waals surface area contributed by atoms with Crippen LogP contribution in [0, 0.1) is 0 Å². The second-order valence-electron chi connectivity index (χ2n) is 5.90. The summed E-state index contributed by atoms with van der Waals surface area (Å²) in [6.07, 6.45) is 6.47. The highest BCUT2D eigenvalue weighted by Gasteiger charge is 2.20. The summed E-state index contributed by atoms with van der Waals surface area (Å²) >= 11 is 3.82. The molecule has 4 rings (SSSR count). The highest BCUT2D eigenvalue weighted by atomic mass is 79.9. The van der Waals surface area contributed by atoms with Gasteiger partial charge in [0.15, 0.2) is 6.23 Å². The van der Waals surface area contributed by atoms with Gasteiger partial charge in [-0.3, -0.25) is 0 Å². The Kier molecular flexibility index (Phi) is 3.66. The number of rotatable bonds is 2. The van der Waals surface area contributed by atoms with Gasteiger partial charge in [-0.05, 0) is 64.0 Å². The molecular formula is C18H19BrN2O. The Bertz CT molecular complexity index is 834. The first-order valence-electron chi connectivity index (χ1n) is 7.98. The minimum absolute atomic E-state index is 0.0740. The Morgan fingerprint density at radius 3 is 3.05 bits per heavy atom. The van der Waals surface area contributed by atoms with Crippen molar-refractivity contribution in [2.75, 3.05) is 6.61 Å². The van der Waals surface area contributed by atoms with Crippen LogP contribution in [0.2, 0.25) is 0 Å². The molecule has 1 atom stereocenters. The molecule has 3 aromatic rings. The van der Waals surface area contributed by atoms with E-state index in [1.54, 1.807) is 0 Å². The van der Waals surface area contributed by atoms with E-state index in [1.807, 2.05) is 6.20 Å². The van der Waals surface area contributed by atoms with Gasteiger partial charge >= 0.3 is 0 Å². The standard InChI is InChI=1S/C18H19BrN2O/c1-2-12-6-5-7-13-10-15-14(18(19)17(12)13)11-20-21(15)16-8-3-4-9-22-16/h5-7,10-11,16H,2-4,8-9H2,1H3. The number of ether oxygens (including phenoxy) is 1. The van der Waals surface area contributed by atoms with E-state index in [0.717, 1.165) is 35.9 Å². The lowest BCUT2D eigenvalue weighted by molar-refractivity contribution is -0.0366. The number of benzene rings is 2. The van der Waals surface area contributed by atoms with Crippen molar-refractivity contribution >= 4 is 37.6 Å². The number of halogens is 1. The molecule has 1 unspecified atom stereocenters. The second kappa shape index (κ2) is 5.67. The zero-order valence-electron chi connectivity index (χ0n) is 12.7. The SMILES string of the molecule is CCc1cccc2cc3c(cnn3C3CCCCO3)c(Br)c12. The van der Waals surface area contributed by atoms with Crippen molar-refractivity contribution in [1.82, 2.24) is 9.78 Å². The molecule has 2 heterocycles. The van der Waals surface area contributed by atoms with Crippen molar-refractivity contribution in [1.29, 1.82) is 0 Å². The largest absolute Gasteiger partial charge is 0.356 e. The number of aryl methyl sites for hydroxylation is 1. The van der Waals surface area contributed by atoms with Gasteiger partial charge in [0.05, 0.1) is 11.7 Å². The minimum atomic E-state index is 0.0740. The quantitative estimate of drug-likeness (QED) is 0.628. The Morgan fingerprint density at radius 1 is 1.36 bits per heavy atom. The lowest BCUT2D eigenvalue weighted by Gasteiger charge is -2.23. The molecule has 4 heteroatoms. The number of hydrogen-bond acceptors (Lipinski definition) is 2. The van der Waals surface area contributed by atoms with Crippen LogP contribution in [0.15, 0.2) is 34.9 Å². The molecule has 0 N–H and O–H groups in total. The van der Waals surface area contributed by atoms with Gasteiger partial charge < -0.3 is 4.74 Å². The number of aromatic nitrogens is 2. The molecule has 1 fully saturated rings. The molecule has 0 aliphatic carbocycles. The van der Waals surface area contributed by atoms with E-state index >= 15 is 0 Å². The second-order valence-corrected chi connectivity index (χ2v) is 6.70. The molecule has 0 radical (unpaired) electrons. The van der Waals surface area contributed by atoms with Crippen LogP contribution < -0.4 is 0 Å². The van der Waals surface area contributed by atoms with E-state index in [4.69, 9.17) is 4.74 Å². The van der Waals surface area contributed by atoms with Crippen LogP contribution in [0.5, 0.6) is 0 Å². The average molecular weight is 359 g/mol. The van der Waals surface area contributed by atoms with Crippen molar-refractivity contribution in [2.45, 2.75) is 38.8 Å². The monoisotopic (exact) mass is 358 g/mol. The van der Waals surface area contributed by atoms with Gasteiger partial charge in [0.1, 0.15) is 0 Å². The molecule has 1 aliphatic heterocycles. The van der Waals surface area contributed by atoms with Gasteiger partial charge in [-0.25, -0.2) is 4.68 Å². The highest BCUT2D eigenvalue weighted by Crippen LogP contribution is 2.36. The van der Waals surface area contributed by atoms with Crippen molar-refractivity contribution < 1.29 is 4.74 Å². The van der Waals surface area contributed by atoms with Crippen LogP contribution >= 0.6 is 15.9 Å². The summed E-state index contributed by atoms with van der Waals surface area (Å²) in [5.41, 5.74) is 2.52. The fraction of sp³-hybridized carbons (Fsp3) is 0.389. The van der Waals surface area contributed by atoms with E-state index in [1.165, 1.54) is 28.1 Å². The lowest BCUT2D eigenvalue weighted by Crippen LogP contribution is -2.18. The number of nitrogens with zero attached hydrogens (tertiary/aromatic N) is 2. The van der Waals surface area contributed by atoms with Gasteiger partial charge in [0.25, 0.3) is 0 Å². The summed E-state index contributed by atoms with van der Waals surface area (Å²) in [6.45, 7) is 3.03. The van der Waals surface area contributed by atoms with Gasteiger partial charge in [0.2, 0.25) is 0 Å². The van der Waals surface area contributed by atoms with Gasteiger partial charge in [-0.2, -0.15) is 5.10 Å². The summed E-state index contributed by atoms with van der Waals surface area (Å²) in [4.78, 5) is 0. The first kappa shape index (κ1) is 14.2. The normalized spacial score (nSPS) is 19.1. The minimum Gasteiger partial charge on any atom is -0.356 e. The molecule has 2 aromatic carbocycles. The summed E-state index contributed by atoms with van der Waals surface area (Å²) in [5, 5.41) is 8.36. The summed E-state index contributed by atoms with van der Waals surface area (Å²) in [7, 11) is 0. The molecule has 0 saturated carbocycles. The van der Waals surface area contributed by atoms with Crippen LogP contribution in [0.1, 0.15) is 38.0 Å². The molecule has 0 amide bonds. The molecular weight excluding hydrogens is 340 g/mol. The first-order chi connectivity index (χ1) is 10.8. The summed E-state index contributed by atoms with van der Waals surface area (Å²) < 4.78 is 9.12. The lowest BCUT2D eigenvalue weighted by atomic mass is 10.0. The van der Waals surface area contributed by atoms with E-state index in [2.05, 4.69) is 56.9 Å². The smallest absolute Gasteiger partial charge is 0.150 e. The molecule has 3 nitrogen and oxygen atoms in total. The molecule has 0 spiro atoms. The third-order valence-electron chi connectivity index (χ3n) is 4.57. The third kappa shape index (κ3) is 2.17. The van der Waals surface area contributed by atoms with Gasteiger partial charge in [0, 0.05) is 16.5 Å². The molecule has 1 aromatic heterocycles. The summed E-state index contributed by atoms with van der Waals surface area (Å²) in [5.74, 6) is 0. The first-order valence-corrected chi connectivity index (χ1v) is 8.78. The van der Waals surface area contributed by atoms with Gasteiger partial charge in [-0.15, -0.1) is 0 Å². The molecule has 22 heavy (non-hydrogen) atoms. The maximum absolute atomic E-state index is 5.91. The fourth-order valence-corrected chi connectivity index (χ4v) is 4.20. The van der Waals surface area contributed by atoms with E-state index in [-0.39, 0.29) is 6.23 Å². The van der Waals surface area contributed by atoms with Crippen LogP contribution in [0.4, 0.5) is 0 Å². The number of hydrogen-bond donors (Lipinski definition) is 0. The van der Waals surface area contributed by atoms with E-state index in [9.17, 15) is 0 Å². The molecule has 114 valence electrons. The van der Waals surface area contributed by atoms with E-state index in [0.29, 0.717) is 0 Å². The predicted octanol–water partition coefficient (Wildman–Crippen LogP) is 5.21. The Morgan fingerprint density at radius 2 is 2.27 bits per heavy atom. The topological polar surface area (TPSA) is 27.1 Å². The maximum Gasteiger partial charge on any atom is 0.150 e. The summed E-state index contributed by atoms with van der Waals surface area (Å²) in [6, 6.07) is 8.77. The Labute approximate surface area is 138 Å². The maximum atomic E-state index is 5.91. The van der Waals surface area contributed by atoms with Gasteiger partial charge in [-0.1, -0.05) is 25.1 Å². The molecule has 1 saturated heterocycles. The van der Waals surface area contributed by atoms with Crippen molar-refractivity contribution in [3.8, 4) is 0 Å². The Hall–Kier alpha value is -1.39. The van der Waals surface area contributed by atoms with Crippen molar-refractivity contribution in [3.05, 3.63) is 40.5 Å². The zero-order valence-corrected chi connectivity index (χ0v) is 14.3. The predicted molar refractivity (Wildman–Crippen MR) is 93.2 cm³/mol. The van der Waals surface area contributed by atoms with Crippen LogP contribution in [-0.2, 0) is 11.2 Å². The molecule has 1 aliphatic rings. The fourth-order valence-electron chi connectivity index (χ4n) is 3.42. The van der Waals surface area contributed by atoms with Crippen molar-refractivity contribution in [3.63, 3.8) is 0 Å². The van der Waals surface area contributed by atoms with Crippen LogP contribution in [-0.4, -0.2) is 16.4 Å². The third-order valence-corrected chi connectivity index (χ3v) is 5.40. The van der Waals surface area contributed by atoms with E-state index < -0.39 is 0 Å². The van der Waals surface area contributed by atoms with Crippen LogP contribution in [0.3, 0.4) is 0 Å². The highest BCUT2D eigenvalue weighted by molar-refractivity contribution is 9.10. The zero-order chi connectivity index (χ0) is 15.1. The van der Waals surface area contributed by atoms with Crippen LogP contribution in [0.25, 0.3) is 21.7 Å².